The largest absolute Gasteiger partial charge is 0.325 e. The van der Waals surface area contributed by atoms with Crippen LogP contribution in [0.15, 0.2) is 24.4 Å². The number of hydrogen-bond donors (Lipinski definition) is 3. The highest BCUT2D eigenvalue weighted by molar-refractivity contribution is 5.96. The maximum atomic E-state index is 11.3. The van der Waals surface area contributed by atoms with Crippen LogP contribution in [0.3, 0.4) is 0 Å². The normalized spacial score (nSPS) is 12.7. The van der Waals surface area contributed by atoms with Crippen molar-refractivity contribution in [2.24, 2.45) is 5.73 Å². The summed E-state index contributed by atoms with van der Waals surface area (Å²) in [7, 11) is 0. The minimum Gasteiger partial charge on any atom is -0.325 e. The van der Waals surface area contributed by atoms with E-state index in [1.54, 1.807) is 13.1 Å². The average molecular weight is 204 g/mol. The number of benzene rings is 1. The number of nitrogens with zero attached hydrogens (tertiary/aromatic N) is 1. The number of H-pyrrole nitrogens is 1. The summed E-state index contributed by atoms with van der Waals surface area (Å²) < 4.78 is 0. The van der Waals surface area contributed by atoms with E-state index in [4.69, 9.17) is 5.73 Å². The Labute approximate surface area is 86.7 Å². The molecule has 78 valence electrons. The third-order valence-electron chi connectivity index (χ3n) is 2.12. The van der Waals surface area contributed by atoms with Gasteiger partial charge < -0.3 is 11.1 Å². The van der Waals surface area contributed by atoms with Crippen LogP contribution >= 0.6 is 0 Å². The summed E-state index contributed by atoms with van der Waals surface area (Å²) in [5.41, 5.74) is 7.05. The van der Waals surface area contributed by atoms with Crippen molar-refractivity contribution < 1.29 is 4.79 Å². The number of carbonyl (C=O) groups is 1. The highest BCUT2D eigenvalue weighted by atomic mass is 16.2. The molecule has 1 heterocycles. The predicted octanol–water partition coefficient (Wildman–Crippen LogP) is 0.849. The zero-order valence-corrected chi connectivity index (χ0v) is 8.32. The summed E-state index contributed by atoms with van der Waals surface area (Å²) in [5, 5.41) is 10.4. The van der Waals surface area contributed by atoms with Crippen molar-refractivity contribution in [2.45, 2.75) is 13.0 Å². The Morgan fingerprint density at radius 3 is 3.13 bits per heavy atom. The van der Waals surface area contributed by atoms with Gasteiger partial charge in [0.2, 0.25) is 5.91 Å². The number of hydrogen-bond acceptors (Lipinski definition) is 3. The van der Waals surface area contributed by atoms with Crippen molar-refractivity contribution in [3.05, 3.63) is 24.4 Å². The highest BCUT2D eigenvalue weighted by Gasteiger charge is 2.07. The predicted molar refractivity (Wildman–Crippen MR) is 58.4 cm³/mol. The van der Waals surface area contributed by atoms with Gasteiger partial charge in [0.25, 0.3) is 0 Å². The van der Waals surface area contributed by atoms with Gasteiger partial charge in [-0.3, -0.25) is 9.89 Å². The van der Waals surface area contributed by atoms with Crippen molar-refractivity contribution >= 4 is 22.5 Å². The molecule has 1 amide bonds. The molecule has 5 nitrogen and oxygen atoms in total. The lowest BCUT2D eigenvalue weighted by molar-refractivity contribution is -0.117. The van der Waals surface area contributed by atoms with Gasteiger partial charge in [-0.1, -0.05) is 0 Å². The molecule has 0 spiro atoms. The Kier molecular flexibility index (Phi) is 2.39. The molecule has 0 fully saturated rings. The van der Waals surface area contributed by atoms with Crippen molar-refractivity contribution in [1.29, 1.82) is 0 Å². The Morgan fingerprint density at radius 1 is 1.60 bits per heavy atom. The van der Waals surface area contributed by atoms with Crippen LogP contribution in [-0.4, -0.2) is 22.1 Å². The molecule has 15 heavy (non-hydrogen) atoms. The van der Waals surface area contributed by atoms with Crippen molar-refractivity contribution in [2.75, 3.05) is 5.32 Å². The lowest BCUT2D eigenvalue weighted by Crippen LogP contribution is -2.32. The fourth-order valence-electron chi connectivity index (χ4n) is 1.27. The Balaban J connectivity index is 2.25. The summed E-state index contributed by atoms with van der Waals surface area (Å²) >= 11 is 0. The molecule has 0 saturated heterocycles. The lowest BCUT2D eigenvalue weighted by atomic mass is 10.2. The first-order valence-electron chi connectivity index (χ1n) is 4.66. The van der Waals surface area contributed by atoms with Crippen LogP contribution in [0.25, 0.3) is 10.9 Å². The van der Waals surface area contributed by atoms with Gasteiger partial charge in [-0.2, -0.15) is 5.10 Å². The van der Waals surface area contributed by atoms with Crippen LogP contribution in [-0.2, 0) is 4.79 Å². The number of aromatic nitrogens is 2. The smallest absolute Gasteiger partial charge is 0.240 e. The third-order valence-corrected chi connectivity index (χ3v) is 2.12. The van der Waals surface area contributed by atoms with Crippen LogP contribution in [0.4, 0.5) is 5.69 Å². The van der Waals surface area contributed by atoms with Gasteiger partial charge in [-0.25, -0.2) is 0 Å². The number of amides is 1. The minimum absolute atomic E-state index is 0.200. The maximum Gasteiger partial charge on any atom is 0.240 e. The molecule has 1 atom stereocenters. The summed E-state index contributed by atoms with van der Waals surface area (Å²) in [4.78, 5) is 11.3. The Hall–Kier alpha value is -1.88. The van der Waals surface area contributed by atoms with E-state index in [1.807, 2.05) is 18.2 Å². The van der Waals surface area contributed by atoms with E-state index in [-0.39, 0.29) is 5.91 Å². The van der Waals surface area contributed by atoms with Gasteiger partial charge >= 0.3 is 0 Å². The summed E-state index contributed by atoms with van der Waals surface area (Å²) in [5.74, 6) is -0.200. The molecule has 0 aliphatic carbocycles. The van der Waals surface area contributed by atoms with Crippen LogP contribution in [0.5, 0.6) is 0 Å². The molecule has 0 saturated carbocycles. The van der Waals surface area contributed by atoms with E-state index >= 15 is 0 Å². The van der Waals surface area contributed by atoms with Crippen molar-refractivity contribution in [3.63, 3.8) is 0 Å². The van der Waals surface area contributed by atoms with E-state index in [9.17, 15) is 4.79 Å². The van der Waals surface area contributed by atoms with Crippen LogP contribution in [0.2, 0.25) is 0 Å². The average Bonchev–Trinajstić information content (AvgIpc) is 2.64. The standard InChI is InChI=1S/C10H12N4O/c1-6(11)10(15)13-8-3-2-7-5-12-14-9(7)4-8/h2-6H,11H2,1H3,(H,12,14)(H,13,15)/t6-/m0/s1. The van der Waals surface area contributed by atoms with Gasteiger partial charge in [0.1, 0.15) is 0 Å². The zero-order valence-electron chi connectivity index (χ0n) is 8.32. The van der Waals surface area contributed by atoms with Gasteiger partial charge in [-0.05, 0) is 25.1 Å². The molecule has 0 bridgehead atoms. The zero-order chi connectivity index (χ0) is 10.8. The number of aromatic amines is 1. The monoisotopic (exact) mass is 204 g/mol. The molecule has 2 rings (SSSR count). The number of anilines is 1. The highest BCUT2D eigenvalue weighted by Crippen LogP contribution is 2.16. The first-order valence-corrected chi connectivity index (χ1v) is 4.66. The second kappa shape index (κ2) is 3.70. The SMILES string of the molecule is C[C@H](N)C(=O)Nc1ccc2cn[nH]c2c1. The second-order valence-corrected chi connectivity index (χ2v) is 3.45. The fourth-order valence-corrected chi connectivity index (χ4v) is 1.27. The van der Waals surface area contributed by atoms with E-state index < -0.39 is 6.04 Å². The van der Waals surface area contributed by atoms with Crippen LogP contribution in [0.1, 0.15) is 6.92 Å². The summed E-state index contributed by atoms with van der Waals surface area (Å²) in [6, 6.07) is 5.01. The van der Waals surface area contributed by atoms with E-state index in [2.05, 4.69) is 15.5 Å². The number of carbonyl (C=O) groups excluding carboxylic acids is 1. The van der Waals surface area contributed by atoms with Gasteiger partial charge in [0, 0.05) is 11.1 Å². The molecule has 2 aromatic rings. The molecule has 0 aliphatic heterocycles. The molecule has 5 heteroatoms. The summed E-state index contributed by atoms with van der Waals surface area (Å²) in [6.45, 7) is 1.64. The number of fused-ring (bicyclic) bond motifs is 1. The molecular weight excluding hydrogens is 192 g/mol. The molecule has 0 unspecified atom stereocenters. The fraction of sp³-hybridized carbons (Fsp3) is 0.200. The third kappa shape index (κ3) is 1.97. The molecule has 0 aliphatic rings. The van der Waals surface area contributed by atoms with Crippen molar-refractivity contribution in [1.82, 2.24) is 10.2 Å². The molecule has 0 radical (unpaired) electrons. The second-order valence-electron chi connectivity index (χ2n) is 3.45. The molecule has 4 N–H and O–H groups in total. The van der Waals surface area contributed by atoms with E-state index in [0.29, 0.717) is 5.69 Å². The molecular formula is C10H12N4O. The number of nitrogens with one attached hydrogen (secondary N) is 2. The number of rotatable bonds is 2. The lowest BCUT2D eigenvalue weighted by Gasteiger charge is -2.07. The first kappa shape index (κ1) is 9.67. The number of nitrogens with two attached hydrogens (primary N) is 1. The van der Waals surface area contributed by atoms with Crippen LogP contribution < -0.4 is 11.1 Å². The van der Waals surface area contributed by atoms with Crippen LogP contribution in [0, 0.1) is 0 Å². The topological polar surface area (TPSA) is 83.8 Å². The Morgan fingerprint density at radius 2 is 2.40 bits per heavy atom. The van der Waals surface area contributed by atoms with Crippen molar-refractivity contribution in [3.8, 4) is 0 Å². The quantitative estimate of drug-likeness (QED) is 0.678. The molecule has 1 aromatic heterocycles. The van der Waals surface area contributed by atoms with Gasteiger partial charge in [0.15, 0.2) is 0 Å². The first-order chi connectivity index (χ1) is 7.16. The summed E-state index contributed by atoms with van der Waals surface area (Å²) in [6.07, 6.45) is 1.73. The van der Waals surface area contributed by atoms with Gasteiger partial charge in [-0.15, -0.1) is 0 Å². The van der Waals surface area contributed by atoms with Gasteiger partial charge in [0.05, 0.1) is 17.8 Å². The van der Waals surface area contributed by atoms with E-state index in [1.165, 1.54) is 0 Å². The molecule has 1 aromatic carbocycles. The van der Waals surface area contributed by atoms with E-state index in [0.717, 1.165) is 10.9 Å². The maximum absolute atomic E-state index is 11.3. The minimum atomic E-state index is -0.512. The Bertz CT molecular complexity index is 489.